The van der Waals surface area contributed by atoms with Crippen LogP contribution >= 0.6 is 0 Å². The molecular weight excluding hydrogens is 939 g/mol. The average Bonchev–Trinajstić information content (AvgIpc) is 3.69. The van der Waals surface area contributed by atoms with Gasteiger partial charge in [0.1, 0.15) is 0 Å². The Morgan fingerprint density at radius 3 is 0.809 bits per heavy atom. The van der Waals surface area contributed by atoms with Gasteiger partial charge in [-0.3, -0.25) is 0 Å². The molecule has 0 heterocycles. The minimum atomic E-state index is -2.90. The fraction of sp³-hybridized carbons (Fsp3) is 0.651. The van der Waals surface area contributed by atoms with Crippen LogP contribution in [0.1, 0.15) is 255 Å². The molecule has 0 radical (unpaired) electrons. The Kier molecular flexibility index (Phi) is 36.0. The summed E-state index contributed by atoms with van der Waals surface area (Å²) in [6, 6.07) is 25.0. The normalized spacial score (nSPS) is 14.4. The molecule has 0 aliphatic heterocycles. The van der Waals surface area contributed by atoms with Gasteiger partial charge in [0.2, 0.25) is 0 Å². The zero-order chi connectivity index (χ0) is 46.6. The van der Waals surface area contributed by atoms with Crippen molar-refractivity contribution in [3.8, 4) is 0 Å². The number of halogens is 3. The van der Waals surface area contributed by atoms with Crippen molar-refractivity contribution in [2.24, 2.45) is 0 Å². The Morgan fingerprint density at radius 2 is 0.574 bits per heavy atom. The van der Waals surface area contributed by atoms with Crippen LogP contribution in [0.4, 0.5) is 0 Å². The minimum Gasteiger partial charge on any atom is -1.00 e. The van der Waals surface area contributed by atoms with Crippen molar-refractivity contribution in [2.45, 2.75) is 264 Å². The molecule has 5 heteroatoms. The summed E-state index contributed by atoms with van der Waals surface area (Å²) in [4.78, 5) is 0. The van der Waals surface area contributed by atoms with Crippen LogP contribution < -0.4 is 52.8 Å². The predicted octanol–water partition coefficient (Wildman–Crippen LogP) is 8.84. The van der Waals surface area contributed by atoms with Crippen molar-refractivity contribution >= 4 is 23.6 Å². The summed E-state index contributed by atoms with van der Waals surface area (Å²) in [6.07, 6.45) is 50.3. The van der Waals surface area contributed by atoms with Crippen molar-refractivity contribution in [3.05, 3.63) is 112 Å². The summed E-state index contributed by atoms with van der Waals surface area (Å²) in [5, 5.41) is 5.10. The molecule has 3 aromatic rings. The largest absolute Gasteiger partial charge is 1.00 e. The van der Waals surface area contributed by atoms with Gasteiger partial charge < -0.3 is 37.2 Å². The fourth-order valence-electron chi connectivity index (χ4n) is 11.1. The van der Waals surface area contributed by atoms with E-state index in [0.29, 0.717) is 0 Å². The number of rotatable bonds is 37. The van der Waals surface area contributed by atoms with E-state index in [4.69, 9.17) is 0 Å². The topological polar surface area (TPSA) is 0 Å². The third-order valence-corrected chi connectivity index (χ3v) is 22.6. The van der Waals surface area contributed by atoms with E-state index in [1.165, 1.54) is 212 Å². The van der Waals surface area contributed by atoms with Gasteiger partial charge in [0.15, 0.2) is 0 Å². The zero-order valence-corrected chi connectivity index (χ0v) is 49.7. The quantitative estimate of drug-likeness (QED) is 0.0308. The summed E-state index contributed by atoms with van der Waals surface area (Å²) in [5.41, 5.74) is 11.3. The Morgan fingerprint density at radius 1 is 0.324 bits per heavy atom. The van der Waals surface area contributed by atoms with Gasteiger partial charge in [-0.05, 0) is 0 Å². The van der Waals surface area contributed by atoms with Crippen LogP contribution in [0, 0.1) is 0 Å². The number of unbranched alkanes of at least 4 members (excludes halogenated alkanes) is 19. The Hall–Kier alpha value is -1.06. The van der Waals surface area contributed by atoms with E-state index >= 15 is 0 Å². The molecule has 1 atom stereocenters. The van der Waals surface area contributed by atoms with Gasteiger partial charge in [0, 0.05) is 0 Å². The maximum atomic E-state index is 2.83. The second kappa shape index (κ2) is 37.7. The molecular formula is C63H99Cl3SiTi. The molecule has 380 valence electrons. The van der Waals surface area contributed by atoms with Gasteiger partial charge in [-0.15, -0.1) is 0 Å². The third kappa shape index (κ3) is 20.1. The van der Waals surface area contributed by atoms with Crippen LogP contribution in [0.3, 0.4) is 0 Å². The van der Waals surface area contributed by atoms with Gasteiger partial charge >= 0.3 is 420 Å². The van der Waals surface area contributed by atoms with Crippen molar-refractivity contribution in [1.29, 1.82) is 0 Å². The molecule has 1 unspecified atom stereocenters. The first-order valence-electron chi connectivity index (χ1n) is 28.4. The first-order valence-corrected chi connectivity index (χ1v) is 31.1. The van der Waals surface area contributed by atoms with Gasteiger partial charge in [0.05, 0.1) is 0 Å². The Labute approximate surface area is 453 Å². The molecule has 0 bridgehead atoms. The van der Waals surface area contributed by atoms with E-state index in [1.54, 1.807) is 54.5 Å². The standard InChI is InChI=1S/C63H99Si.3ClH.Ti/c1-8-15-22-28-35-53-44-54(36-29-23-16-9-2)48-60(47-53)64(63-43-34-42-59(63)41-21-14-7,61-49-55(37-30-24-17-10-3)45-56(50-61)38-31-25-18-11-4)62-51-57(39-32-26-19-12-5)46-58(52-62)40-33-27-20-13-6;;;;/h34,42-52H,8-33,35-41H2,1-7H3;3*1H;/q;;;;+3/p-3. The minimum absolute atomic E-state index is 0. The van der Waals surface area contributed by atoms with Crippen LogP contribution in [-0.4, -0.2) is 8.07 Å². The van der Waals surface area contributed by atoms with E-state index in [9.17, 15) is 0 Å². The molecule has 0 N–H and O–H groups in total. The maximum absolute atomic E-state index is 2.90. The number of hydrogen-bond donors (Lipinski definition) is 0. The van der Waals surface area contributed by atoms with Gasteiger partial charge in [-0.25, -0.2) is 0 Å². The van der Waals surface area contributed by atoms with Gasteiger partial charge in [-0.1, -0.05) is 0 Å². The van der Waals surface area contributed by atoms with Gasteiger partial charge in [0.25, 0.3) is 0 Å². The third-order valence-electron chi connectivity index (χ3n) is 14.9. The number of hydrogen-bond acceptors (Lipinski definition) is 0. The Balaban J connectivity index is 0.00000771. The van der Waals surface area contributed by atoms with Crippen molar-refractivity contribution in [1.82, 2.24) is 0 Å². The molecule has 0 spiro atoms. The van der Waals surface area contributed by atoms with Crippen LogP contribution in [0.2, 0.25) is 3.34 Å². The molecule has 0 saturated heterocycles. The fourth-order valence-corrected chi connectivity index (χ4v) is 19.4. The smallest absolute Gasteiger partial charge is 1.00 e. The van der Waals surface area contributed by atoms with E-state index in [2.05, 4.69) is 142 Å². The van der Waals surface area contributed by atoms with Crippen LogP contribution in [-0.2, 0) is 59.0 Å². The maximum Gasteiger partial charge on any atom is -1.00 e. The number of allylic oxidation sites excluding steroid dienone is 4. The Bertz CT molecular complexity index is 1570. The average molecular weight is 1040 g/mol. The van der Waals surface area contributed by atoms with Crippen LogP contribution in [0.5, 0.6) is 0 Å². The first-order chi connectivity index (χ1) is 31.8. The molecule has 1 aliphatic carbocycles. The predicted molar refractivity (Wildman–Crippen MR) is 290 cm³/mol. The molecule has 1 aliphatic rings. The monoisotopic (exact) mass is 1040 g/mol. The summed E-state index contributed by atoms with van der Waals surface area (Å²) < 4.78 is -0.0802. The molecule has 68 heavy (non-hydrogen) atoms. The first kappa shape index (κ1) is 65.0. The molecule has 0 saturated carbocycles. The summed E-state index contributed by atoms with van der Waals surface area (Å²) in [6.45, 7) is 16.6. The van der Waals surface area contributed by atoms with E-state index in [0.717, 1.165) is 0 Å². The summed E-state index contributed by atoms with van der Waals surface area (Å²) in [7, 11) is -2.90. The summed E-state index contributed by atoms with van der Waals surface area (Å²) in [5.74, 6) is 0. The second-order valence-corrected chi connectivity index (χ2v) is 26.7. The van der Waals surface area contributed by atoms with Crippen LogP contribution in [0.25, 0.3) is 0 Å². The number of benzene rings is 3. The molecule has 0 aromatic heterocycles. The SMILES string of the molecule is CCCCCCc1cc(CCCCCC)cc([Si](c2cc(CCCCCC)cc(CCCCCC)c2)(c2cc(CCCCCC)cc(CCCCCC)c2)[C]2([Ti+3])C=CC=C2CCCC)c1.[Cl-].[Cl-].[Cl-]. The van der Waals surface area contributed by atoms with Crippen molar-refractivity contribution < 1.29 is 57.7 Å². The second-order valence-electron chi connectivity index (χ2n) is 20.7. The number of aryl methyl sites for hydroxylation is 6. The van der Waals surface area contributed by atoms with E-state index < -0.39 is 8.07 Å². The summed E-state index contributed by atoms with van der Waals surface area (Å²) >= 11 is 2.75. The zero-order valence-electron chi connectivity index (χ0n) is 44.9. The van der Waals surface area contributed by atoms with Gasteiger partial charge in [-0.2, -0.15) is 0 Å². The van der Waals surface area contributed by atoms with Crippen molar-refractivity contribution in [2.75, 3.05) is 0 Å². The molecule has 0 fully saturated rings. The van der Waals surface area contributed by atoms with E-state index in [-0.39, 0.29) is 40.6 Å². The molecule has 3 aromatic carbocycles. The molecule has 4 rings (SSSR count). The van der Waals surface area contributed by atoms with Crippen LogP contribution in [0.15, 0.2) is 78.4 Å². The molecule has 0 amide bonds. The van der Waals surface area contributed by atoms with E-state index in [1.807, 2.05) is 0 Å². The molecule has 0 nitrogen and oxygen atoms in total. The van der Waals surface area contributed by atoms with Crippen molar-refractivity contribution in [3.63, 3.8) is 0 Å².